The van der Waals surface area contributed by atoms with Gasteiger partial charge in [-0.15, -0.1) is 0 Å². The Bertz CT molecular complexity index is 2010. The lowest BCUT2D eigenvalue weighted by Crippen LogP contribution is -2.29. The Kier molecular flexibility index (Phi) is 8.66. The highest BCUT2D eigenvalue weighted by Gasteiger charge is 2.37. The fourth-order valence-electron chi connectivity index (χ4n) is 5.35. The Hall–Kier alpha value is -6.03. The summed E-state index contributed by atoms with van der Waals surface area (Å²) in [4.78, 5) is 54.9. The van der Waals surface area contributed by atoms with Crippen LogP contribution in [0.5, 0.6) is 0 Å². The highest BCUT2D eigenvalue weighted by Crippen LogP contribution is 2.34. The minimum atomic E-state index is -0.601. The van der Waals surface area contributed by atoms with Crippen molar-refractivity contribution < 1.29 is 32.3 Å². The van der Waals surface area contributed by atoms with E-state index in [0.29, 0.717) is 27.8 Å². The smallest absolute Gasteiger partial charge is 0.262 e. The summed E-state index contributed by atoms with van der Waals surface area (Å²) in [5, 5.41) is 5.50. The van der Waals surface area contributed by atoms with Crippen LogP contribution in [0.25, 0.3) is 11.1 Å². The third-order valence-corrected chi connectivity index (χ3v) is 7.81. The molecule has 1 aliphatic heterocycles. The second kappa shape index (κ2) is 13.1. The second-order valence-corrected chi connectivity index (χ2v) is 10.9. The molecule has 10 heteroatoms. The summed E-state index contributed by atoms with van der Waals surface area (Å²) in [5.74, 6) is -3.50. The molecule has 7 nitrogen and oxygen atoms in total. The lowest BCUT2D eigenvalue weighted by molar-refractivity contribution is 0.0642. The summed E-state index contributed by atoms with van der Waals surface area (Å²) in [6.45, 7) is 0.0620. The van der Waals surface area contributed by atoms with Crippen LogP contribution in [0.1, 0.15) is 58.1 Å². The molecule has 0 unspecified atom stereocenters. The molecule has 47 heavy (non-hydrogen) atoms. The normalized spacial score (nSPS) is 12.2. The molecular weight excluding hydrogens is 607 g/mol. The van der Waals surface area contributed by atoms with E-state index in [4.69, 9.17) is 0 Å². The van der Waals surface area contributed by atoms with Crippen molar-refractivity contribution in [1.29, 1.82) is 0 Å². The summed E-state index contributed by atoms with van der Waals surface area (Å²) in [6, 6.07) is 26.0. The average Bonchev–Trinajstić information content (AvgIpc) is 3.33. The first-order valence-electron chi connectivity index (χ1n) is 14.6. The van der Waals surface area contributed by atoms with Crippen LogP contribution in [0.2, 0.25) is 0 Å². The quantitative estimate of drug-likeness (QED) is 0.183. The highest BCUT2D eigenvalue weighted by atomic mass is 19.1. The summed E-state index contributed by atoms with van der Waals surface area (Å²) in [5.41, 5.74) is 3.00. The Balaban J connectivity index is 1.32. The molecule has 0 aliphatic carbocycles. The molecule has 2 N–H and O–H groups in total. The van der Waals surface area contributed by atoms with E-state index in [9.17, 15) is 32.3 Å². The van der Waals surface area contributed by atoms with Gasteiger partial charge in [0.1, 0.15) is 17.5 Å². The standard InChI is InChI=1S/C37H26F3N3O4/c38-26-11-4-22(5-12-26)19-41-34(44)30-17-10-25(18-32(30)35(45)42-20-23-6-13-27(39)14-7-23)29-2-1-3-31-33(29)37(47)43(36(31)46)21-24-8-15-28(40)16-9-24/h1-18H,19-21H2,(H,41,44)(H,42,45). The van der Waals surface area contributed by atoms with E-state index in [2.05, 4.69) is 10.6 Å². The lowest BCUT2D eigenvalue weighted by atomic mass is 9.93. The van der Waals surface area contributed by atoms with Gasteiger partial charge in [-0.3, -0.25) is 24.1 Å². The summed E-state index contributed by atoms with van der Waals surface area (Å²) < 4.78 is 40.2. The van der Waals surface area contributed by atoms with Crippen molar-refractivity contribution in [1.82, 2.24) is 15.5 Å². The zero-order valence-corrected chi connectivity index (χ0v) is 24.7. The van der Waals surface area contributed by atoms with Gasteiger partial charge in [0.05, 0.1) is 28.8 Å². The van der Waals surface area contributed by atoms with Gasteiger partial charge in [-0.1, -0.05) is 54.6 Å². The summed E-state index contributed by atoms with van der Waals surface area (Å²) in [7, 11) is 0. The van der Waals surface area contributed by atoms with Gasteiger partial charge in [0.25, 0.3) is 23.6 Å². The van der Waals surface area contributed by atoms with Crippen LogP contribution in [0, 0.1) is 17.5 Å². The molecule has 5 aromatic carbocycles. The number of amides is 4. The molecule has 0 fully saturated rings. The van der Waals surface area contributed by atoms with E-state index >= 15 is 0 Å². The van der Waals surface area contributed by atoms with Gasteiger partial charge in [-0.05, 0) is 82.4 Å². The molecule has 0 saturated heterocycles. The number of nitrogens with zero attached hydrogens (tertiary/aromatic N) is 1. The number of benzene rings is 5. The number of hydrogen-bond donors (Lipinski definition) is 2. The number of nitrogens with one attached hydrogen (secondary N) is 2. The van der Waals surface area contributed by atoms with E-state index in [1.54, 1.807) is 18.2 Å². The van der Waals surface area contributed by atoms with E-state index in [0.717, 1.165) is 4.90 Å². The molecule has 1 heterocycles. The van der Waals surface area contributed by atoms with Crippen LogP contribution in [0.4, 0.5) is 13.2 Å². The molecule has 0 spiro atoms. The van der Waals surface area contributed by atoms with Crippen molar-refractivity contribution >= 4 is 23.6 Å². The maximum absolute atomic E-state index is 13.6. The van der Waals surface area contributed by atoms with Gasteiger partial charge < -0.3 is 10.6 Å². The van der Waals surface area contributed by atoms with E-state index in [-0.39, 0.29) is 41.9 Å². The molecule has 0 radical (unpaired) electrons. The second-order valence-electron chi connectivity index (χ2n) is 10.9. The number of halogens is 3. The highest BCUT2D eigenvalue weighted by molar-refractivity contribution is 6.24. The maximum atomic E-state index is 13.6. The van der Waals surface area contributed by atoms with Crippen LogP contribution in [0.3, 0.4) is 0 Å². The van der Waals surface area contributed by atoms with Crippen molar-refractivity contribution in [2.24, 2.45) is 0 Å². The van der Waals surface area contributed by atoms with Crippen molar-refractivity contribution in [3.8, 4) is 11.1 Å². The van der Waals surface area contributed by atoms with Gasteiger partial charge >= 0.3 is 0 Å². The molecule has 0 saturated carbocycles. The number of carbonyl (C=O) groups excluding carboxylic acids is 4. The van der Waals surface area contributed by atoms with Gasteiger partial charge in [0.15, 0.2) is 0 Å². The van der Waals surface area contributed by atoms with E-state index in [1.807, 2.05) is 0 Å². The SMILES string of the molecule is O=C(NCc1ccc(F)cc1)c1ccc(-c2cccc3c2C(=O)N(Cc2ccc(F)cc2)C3=O)cc1C(=O)NCc1ccc(F)cc1. The molecule has 0 atom stereocenters. The topological polar surface area (TPSA) is 95.6 Å². The van der Waals surface area contributed by atoms with Crippen molar-refractivity contribution in [2.75, 3.05) is 0 Å². The van der Waals surface area contributed by atoms with Gasteiger partial charge in [-0.2, -0.15) is 0 Å². The van der Waals surface area contributed by atoms with E-state index < -0.39 is 41.1 Å². The molecule has 234 valence electrons. The molecule has 0 aromatic heterocycles. The van der Waals surface area contributed by atoms with Crippen LogP contribution in [-0.4, -0.2) is 28.5 Å². The first-order valence-corrected chi connectivity index (χ1v) is 14.6. The van der Waals surface area contributed by atoms with Gasteiger partial charge in [0.2, 0.25) is 0 Å². The van der Waals surface area contributed by atoms with Gasteiger partial charge in [0, 0.05) is 13.1 Å². The molecule has 1 aliphatic rings. The number of hydrogen-bond acceptors (Lipinski definition) is 4. The minimum absolute atomic E-state index is 0.00115. The van der Waals surface area contributed by atoms with Crippen LogP contribution in [0.15, 0.2) is 109 Å². The van der Waals surface area contributed by atoms with Crippen molar-refractivity contribution in [2.45, 2.75) is 19.6 Å². The first kappa shape index (κ1) is 31.0. The molecular formula is C37H26F3N3O4. The molecule has 5 aromatic rings. The average molecular weight is 634 g/mol. The molecule has 0 bridgehead atoms. The number of imide groups is 1. The van der Waals surface area contributed by atoms with E-state index in [1.165, 1.54) is 91.0 Å². The van der Waals surface area contributed by atoms with Crippen LogP contribution < -0.4 is 10.6 Å². The van der Waals surface area contributed by atoms with Gasteiger partial charge in [-0.25, -0.2) is 13.2 Å². The maximum Gasteiger partial charge on any atom is 0.262 e. The third kappa shape index (κ3) is 6.67. The monoisotopic (exact) mass is 633 g/mol. The Morgan fingerprint density at radius 3 is 1.60 bits per heavy atom. The third-order valence-electron chi connectivity index (χ3n) is 7.81. The predicted molar refractivity (Wildman–Crippen MR) is 168 cm³/mol. The molecule has 6 rings (SSSR count). The number of fused-ring (bicyclic) bond motifs is 1. The Morgan fingerprint density at radius 2 is 1.04 bits per heavy atom. The minimum Gasteiger partial charge on any atom is -0.348 e. The summed E-state index contributed by atoms with van der Waals surface area (Å²) >= 11 is 0. The zero-order chi connectivity index (χ0) is 33.1. The predicted octanol–water partition coefficient (Wildman–Crippen LogP) is 6.43. The fraction of sp³-hybridized carbons (Fsp3) is 0.0811. The zero-order valence-electron chi connectivity index (χ0n) is 24.7. The van der Waals surface area contributed by atoms with Crippen molar-refractivity contribution in [3.63, 3.8) is 0 Å². The Morgan fingerprint density at radius 1 is 0.553 bits per heavy atom. The Labute approximate surface area is 267 Å². The lowest BCUT2D eigenvalue weighted by Gasteiger charge is -2.15. The first-order chi connectivity index (χ1) is 22.7. The molecule has 4 amide bonds. The largest absolute Gasteiger partial charge is 0.348 e. The number of carbonyl (C=O) groups is 4. The van der Waals surface area contributed by atoms with Crippen LogP contribution >= 0.6 is 0 Å². The fourth-order valence-corrected chi connectivity index (χ4v) is 5.35. The number of rotatable bonds is 9. The van der Waals surface area contributed by atoms with Crippen LogP contribution in [-0.2, 0) is 19.6 Å². The van der Waals surface area contributed by atoms with Crippen molar-refractivity contribution in [3.05, 3.63) is 166 Å². The summed E-state index contributed by atoms with van der Waals surface area (Å²) in [6.07, 6.45) is 0.